The summed E-state index contributed by atoms with van der Waals surface area (Å²) in [6, 6.07) is 0. The van der Waals surface area contributed by atoms with Gasteiger partial charge in [-0.3, -0.25) is 0 Å². The number of hydrogen-bond acceptors (Lipinski definition) is 5. The van der Waals surface area contributed by atoms with Crippen molar-refractivity contribution in [1.82, 2.24) is 15.0 Å². The van der Waals surface area contributed by atoms with Crippen LogP contribution in [0.25, 0.3) is 0 Å². The van der Waals surface area contributed by atoms with Crippen LogP contribution in [0.15, 0.2) is 6.20 Å². The zero-order valence-electron chi connectivity index (χ0n) is 8.35. The number of nitrogens with zero attached hydrogens (tertiary/aromatic N) is 3. The summed E-state index contributed by atoms with van der Waals surface area (Å²) in [5.74, 6) is 0. The van der Waals surface area contributed by atoms with Crippen LogP contribution in [-0.2, 0) is 22.6 Å². The summed E-state index contributed by atoms with van der Waals surface area (Å²) < 4.78 is 11.8. The third kappa shape index (κ3) is 3.82. The molecule has 0 atom stereocenters. The highest BCUT2D eigenvalue weighted by Crippen LogP contribution is 1.90. The molecule has 0 aliphatic rings. The summed E-state index contributed by atoms with van der Waals surface area (Å²) in [5, 5.41) is 7.74. The molecule has 0 saturated heterocycles. The van der Waals surface area contributed by atoms with Crippen LogP contribution in [0.2, 0.25) is 0 Å². The fourth-order valence-corrected chi connectivity index (χ4v) is 0.944. The van der Waals surface area contributed by atoms with Crippen molar-refractivity contribution >= 4 is 0 Å². The quantitative estimate of drug-likeness (QED) is 0.595. The van der Waals surface area contributed by atoms with E-state index in [0.717, 1.165) is 5.69 Å². The SMILES string of the molecule is COCCOCCn1cc(CN)nn1. The number of ether oxygens (including phenoxy) is 2. The molecule has 0 aliphatic heterocycles. The number of rotatable bonds is 7. The van der Waals surface area contributed by atoms with Crippen molar-refractivity contribution < 1.29 is 9.47 Å². The molecule has 0 saturated carbocycles. The van der Waals surface area contributed by atoms with E-state index in [2.05, 4.69) is 10.3 Å². The molecule has 0 fully saturated rings. The van der Waals surface area contributed by atoms with Crippen molar-refractivity contribution in [3.63, 3.8) is 0 Å². The average Bonchev–Trinajstić information content (AvgIpc) is 2.65. The van der Waals surface area contributed by atoms with Gasteiger partial charge in [-0.05, 0) is 0 Å². The van der Waals surface area contributed by atoms with Gasteiger partial charge in [0.15, 0.2) is 0 Å². The van der Waals surface area contributed by atoms with E-state index >= 15 is 0 Å². The summed E-state index contributed by atoms with van der Waals surface area (Å²) in [5.41, 5.74) is 6.19. The minimum absolute atomic E-state index is 0.421. The van der Waals surface area contributed by atoms with Crippen molar-refractivity contribution in [2.75, 3.05) is 26.9 Å². The molecule has 80 valence electrons. The van der Waals surface area contributed by atoms with Crippen LogP contribution in [-0.4, -0.2) is 41.9 Å². The number of nitrogens with two attached hydrogens (primary N) is 1. The molecule has 0 aromatic carbocycles. The van der Waals surface area contributed by atoms with Crippen LogP contribution in [0.3, 0.4) is 0 Å². The molecule has 1 aromatic rings. The lowest BCUT2D eigenvalue weighted by molar-refractivity contribution is 0.0652. The fourth-order valence-electron chi connectivity index (χ4n) is 0.944. The predicted molar refractivity (Wildman–Crippen MR) is 50.6 cm³/mol. The molecule has 1 rings (SSSR count). The second-order valence-corrected chi connectivity index (χ2v) is 2.78. The molecule has 2 N–H and O–H groups in total. The Morgan fingerprint density at radius 1 is 1.43 bits per heavy atom. The van der Waals surface area contributed by atoms with Crippen LogP contribution in [0.4, 0.5) is 0 Å². The molecule has 6 nitrogen and oxygen atoms in total. The molecule has 0 unspecified atom stereocenters. The Bertz CT molecular complexity index is 251. The van der Waals surface area contributed by atoms with Gasteiger partial charge in [-0.15, -0.1) is 5.10 Å². The van der Waals surface area contributed by atoms with Gasteiger partial charge < -0.3 is 15.2 Å². The van der Waals surface area contributed by atoms with Gasteiger partial charge in [-0.25, -0.2) is 4.68 Å². The van der Waals surface area contributed by atoms with Gasteiger partial charge in [0.25, 0.3) is 0 Å². The largest absolute Gasteiger partial charge is 0.382 e. The zero-order valence-corrected chi connectivity index (χ0v) is 8.35. The minimum Gasteiger partial charge on any atom is -0.382 e. The normalized spacial score (nSPS) is 10.7. The Morgan fingerprint density at radius 2 is 2.29 bits per heavy atom. The predicted octanol–water partition coefficient (Wildman–Crippen LogP) is -0.600. The van der Waals surface area contributed by atoms with Gasteiger partial charge in [0.05, 0.1) is 32.1 Å². The first kappa shape index (κ1) is 11.1. The summed E-state index contributed by atoms with van der Waals surface area (Å²) in [6.07, 6.45) is 1.82. The summed E-state index contributed by atoms with van der Waals surface area (Å²) in [7, 11) is 1.65. The van der Waals surface area contributed by atoms with Crippen molar-refractivity contribution in [2.24, 2.45) is 5.73 Å². The van der Waals surface area contributed by atoms with Gasteiger partial charge in [-0.1, -0.05) is 5.21 Å². The molecular weight excluding hydrogens is 184 g/mol. The molecular formula is C8H16N4O2. The molecule has 0 bridgehead atoms. The standard InChI is InChI=1S/C8H16N4O2/c1-13-4-5-14-3-2-12-7-8(6-9)10-11-12/h7H,2-6,9H2,1H3. The summed E-state index contributed by atoms with van der Waals surface area (Å²) in [4.78, 5) is 0. The lowest BCUT2D eigenvalue weighted by Crippen LogP contribution is -2.09. The summed E-state index contributed by atoms with van der Waals surface area (Å²) in [6.45, 7) is 2.94. The minimum atomic E-state index is 0.421. The monoisotopic (exact) mass is 200 g/mol. The van der Waals surface area contributed by atoms with Gasteiger partial charge in [0.2, 0.25) is 0 Å². The van der Waals surface area contributed by atoms with Crippen LogP contribution >= 0.6 is 0 Å². The van der Waals surface area contributed by atoms with E-state index in [9.17, 15) is 0 Å². The Balaban J connectivity index is 2.12. The Hall–Kier alpha value is -0.980. The second kappa shape index (κ2) is 6.47. The van der Waals surface area contributed by atoms with Crippen molar-refractivity contribution in [2.45, 2.75) is 13.1 Å². The summed E-state index contributed by atoms with van der Waals surface area (Å²) >= 11 is 0. The maximum absolute atomic E-state index is 5.39. The number of hydrogen-bond donors (Lipinski definition) is 1. The number of aromatic nitrogens is 3. The van der Waals surface area contributed by atoms with Crippen molar-refractivity contribution in [3.05, 3.63) is 11.9 Å². The molecule has 1 aromatic heterocycles. The molecule has 1 heterocycles. The molecule has 6 heteroatoms. The van der Waals surface area contributed by atoms with E-state index in [1.165, 1.54) is 0 Å². The molecule has 0 amide bonds. The smallest absolute Gasteiger partial charge is 0.0962 e. The molecule has 0 radical (unpaired) electrons. The Morgan fingerprint density at radius 3 is 2.93 bits per heavy atom. The van der Waals surface area contributed by atoms with Crippen LogP contribution in [0.5, 0.6) is 0 Å². The highest BCUT2D eigenvalue weighted by Gasteiger charge is 1.97. The van der Waals surface area contributed by atoms with Crippen molar-refractivity contribution in [3.8, 4) is 0 Å². The first-order chi connectivity index (χ1) is 6.86. The topological polar surface area (TPSA) is 75.2 Å². The van der Waals surface area contributed by atoms with E-state index in [4.69, 9.17) is 15.2 Å². The average molecular weight is 200 g/mol. The lowest BCUT2D eigenvalue weighted by atomic mass is 10.5. The van der Waals surface area contributed by atoms with E-state index in [1.54, 1.807) is 11.8 Å². The molecule has 14 heavy (non-hydrogen) atoms. The van der Waals surface area contributed by atoms with E-state index < -0.39 is 0 Å². The highest BCUT2D eigenvalue weighted by molar-refractivity contribution is 4.90. The Kier molecular flexibility index (Phi) is 5.13. The highest BCUT2D eigenvalue weighted by atomic mass is 16.5. The third-order valence-corrected chi connectivity index (χ3v) is 1.69. The van der Waals surface area contributed by atoms with Crippen LogP contribution in [0.1, 0.15) is 5.69 Å². The van der Waals surface area contributed by atoms with Gasteiger partial charge in [0, 0.05) is 19.9 Å². The first-order valence-corrected chi connectivity index (χ1v) is 4.52. The van der Waals surface area contributed by atoms with Gasteiger partial charge in [0.1, 0.15) is 0 Å². The maximum atomic E-state index is 5.39. The molecule has 0 spiro atoms. The van der Waals surface area contributed by atoms with Crippen LogP contribution < -0.4 is 5.73 Å². The van der Waals surface area contributed by atoms with Gasteiger partial charge >= 0.3 is 0 Å². The van der Waals surface area contributed by atoms with E-state index in [1.807, 2.05) is 6.20 Å². The first-order valence-electron chi connectivity index (χ1n) is 4.52. The number of methoxy groups -OCH3 is 1. The second-order valence-electron chi connectivity index (χ2n) is 2.78. The van der Waals surface area contributed by atoms with E-state index in [-0.39, 0.29) is 0 Å². The Labute approximate surface area is 83.0 Å². The van der Waals surface area contributed by atoms with Gasteiger partial charge in [-0.2, -0.15) is 0 Å². The molecule has 0 aliphatic carbocycles. The fraction of sp³-hybridized carbons (Fsp3) is 0.750. The maximum Gasteiger partial charge on any atom is 0.0962 e. The lowest BCUT2D eigenvalue weighted by Gasteiger charge is -2.02. The van der Waals surface area contributed by atoms with E-state index in [0.29, 0.717) is 32.9 Å². The third-order valence-electron chi connectivity index (χ3n) is 1.69. The zero-order chi connectivity index (χ0) is 10.2. The van der Waals surface area contributed by atoms with Crippen LogP contribution in [0, 0.1) is 0 Å². The van der Waals surface area contributed by atoms with Crippen molar-refractivity contribution in [1.29, 1.82) is 0 Å².